The highest BCUT2D eigenvalue weighted by Crippen LogP contribution is 2.35. The molecule has 0 radical (unpaired) electrons. The molecule has 1 atom stereocenters. The Hall–Kier alpha value is -5.33. The molecule has 258 valence electrons. The maximum atomic E-state index is 13.7. The molecule has 14 heteroatoms. The zero-order valence-corrected chi connectivity index (χ0v) is 28.4. The fourth-order valence-corrected chi connectivity index (χ4v) is 6.60. The van der Waals surface area contributed by atoms with Crippen LogP contribution in [0.1, 0.15) is 29.2 Å². The first-order chi connectivity index (χ1) is 24.0. The van der Waals surface area contributed by atoms with E-state index < -0.39 is 11.9 Å². The molecule has 11 nitrogen and oxygen atoms in total. The molecule has 1 aliphatic rings. The lowest BCUT2D eigenvalue weighted by molar-refractivity contribution is -0.121. The van der Waals surface area contributed by atoms with Crippen LogP contribution in [0.25, 0.3) is 22.4 Å². The van der Waals surface area contributed by atoms with Crippen LogP contribution in [0.4, 0.5) is 10.1 Å². The molecule has 2 amide bonds. The summed E-state index contributed by atoms with van der Waals surface area (Å²) >= 11 is 12.4. The second kappa shape index (κ2) is 15.1. The van der Waals surface area contributed by atoms with Gasteiger partial charge in [0.25, 0.3) is 5.91 Å². The molecule has 4 aromatic carbocycles. The number of nitrogens with one attached hydrogen (secondary N) is 2. The standard InChI is InChI=1S/C36H35Cl2FN8O3/c37-24-19-25(38)21-29(20-24)50-28-4-1-3-22(17-28)34-44-30-18-23(6-11-31(30)47(34)32(33(40)48)5-2-12-43-36(41)42)35(49)46-15-13-45(14-16-46)27-9-7-26(39)8-10-27/h1,3-4,6-11,17-21,32H,2,5,12-16H2,(H2,40,48)(H4,41,42,43)/t32-/m0/s1. The average Bonchev–Trinajstić information content (AvgIpc) is 3.46. The number of fused-ring (bicyclic) bond motifs is 1. The van der Waals surface area contributed by atoms with Crippen molar-refractivity contribution in [1.29, 1.82) is 5.41 Å². The number of nitrogens with zero attached hydrogens (tertiary/aromatic N) is 4. The van der Waals surface area contributed by atoms with Crippen LogP contribution < -0.4 is 26.4 Å². The number of amides is 2. The van der Waals surface area contributed by atoms with E-state index in [1.807, 2.05) is 6.07 Å². The molecule has 1 fully saturated rings. The van der Waals surface area contributed by atoms with Gasteiger partial charge in [0.1, 0.15) is 29.2 Å². The summed E-state index contributed by atoms with van der Waals surface area (Å²) < 4.78 is 21.3. The molecular weight excluding hydrogens is 682 g/mol. The van der Waals surface area contributed by atoms with Crippen LogP contribution in [0, 0.1) is 11.2 Å². The van der Waals surface area contributed by atoms with E-state index in [-0.39, 0.29) is 17.7 Å². The van der Waals surface area contributed by atoms with Crippen LogP contribution in [0.15, 0.2) is 84.9 Å². The fourth-order valence-electron chi connectivity index (χ4n) is 6.09. The number of piperazine rings is 1. The number of hydrogen-bond donors (Lipinski definition) is 4. The molecule has 5 aromatic rings. The summed E-state index contributed by atoms with van der Waals surface area (Å²) in [4.78, 5) is 35.6. The van der Waals surface area contributed by atoms with Crippen LogP contribution in [0.3, 0.4) is 0 Å². The third kappa shape index (κ3) is 7.93. The van der Waals surface area contributed by atoms with E-state index in [9.17, 15) is 14.0 Å². The predicted molar refractivity (Wildman–Crippen MR) is 194 cm³/mol. The molecule has 1 aromatic heterocycles. The van der Waals surface area contributed by atoms with E-state index >= 15 is 0 Å². The molecule has 1 aliphatic heterocycles. The lowest BCUT2D eigenvalue weighted by Gasteiger charge is -2.36. The Morgan fingerprint density at radius 3 is 2.32 bits per heavy atom. The van der Waals surface area contributed by atoms with Gasteiger partial charge in [-0.1, -0.05) is 35.3 Å². The average molecular weight is 718 g/mol. The summed E-state index contributed by atoms with van der Waals surface area (Å²) in [6, 6.07) is 22.9. The quantitative estimate of drug-likeness (QED) is 0.0721. The summed E-state index contributed by atoms with van der Waals surface area (Å²) in [6.45, 7) is 2.58. The predicted octanol–water partition coefficient (Wildman–Crippen LogP) is 6.19. The number of guanidine groups is 1. The Morgan fingerprint density at radius 1 is 0.920 bits per heavy atom. The molecule has 1 saturated heterocycles. The van der Waals surface area contributed by atoms with Gasteiger partial charge in [0.15, 0.2) is 5.96 Å². The van der Waals surface area contributed by atoms with Gasteiger partial charge in [-0.15, -0.1) is 0 Å². The zero-order valence-electron chi connectivity index (χ0n) is 26.9. The number of rotatable bonds is 11. The number of benzene rings is 4. The third-order valence-electron chi connectivity index (χ3n) is 8.47. The molecular formula is C36H35Cl2FN8O3. The van der Waals surface area contributed by atoms with Crippen molar-refractivity contribution in [2.75, 3.05) is 37.6 Å². The maximum Gasteiger partial charge on any atom is 0.254 e. The Labute approximate surface area is 298 Å². The second-order valence-corrected chi connectivity index (χ2v) is 12.8. The van der Waals surface area contributed by atoms with Crippen LogP contribution in [0.2, 0.25) is 10.0 Å². The smallest absolute Gasteiger partial charge is 0.254 e. The molecule has 50 heavy (non-hydrogen) atoms. The molecule has 0 saturated carbocycles. The SMILES string of the molecule is N=C(N)NCCC[C@@H](C(N)=O)n1c(-c2cccc(Oc3cc(Cl)cc(Cl)c3)c2)nc2cc(C(=O)N3CCN(c4ccc(F)cc4)CC3)ccc21. The van der Waals surface area contributed by atoms with Gasteiger partial charge >= 0.3 is 0 Å². The largest absolute Gasteiger partial charge is 0.457 e. The van der Waals surface area contributed by atoms with Crippen molar-refractivity contribution in [3.8, 4) is 22.9 Å². The highest BCUT2D eigenvalue weighted by molar-refractivity contribution is 6.34. The van der Waals surface area contributed by atoms with Gasteiger partial charge in [0.05, 0.1) is 11.0 Å². The van der Waals surface area contributed by atoms with Crippen LogP contribution in [-0.2, 0) is 4.79 Å². The van der Waals surface area contributed by atoms with E-state index in [1.54, 1.807) is 76.2 Å². The van der Waals surface area contributed by atoms with E-state index in [2.05, 4.69) is 10.2 Å². The first-order valence-electron chi connectivity index (χ1n) is 16.0. The van der Waals surface area contributed by atoms with Gasteiger partial charge in [0.2, 0.25) is 5.91 Å². The van der Waals surface area contributed by atoms with Crippen molar-refractivity contribution < 1.29 is 18.7 Å². The van der Waals surface area contributed by atoms with Gasteiger partial charge < -0.3 is 35.9 Å². The lowest BCUT2D eigenvalue weighted by atomic mass is 10.1. The molecule has 6 N–H and O–H groups in total. The highest BCUT2D eigenvalue weighted by Gasteiger charge is 2.27. The summed E-state index contributed by atoms with van der Waals surface area (Å²) in [5.41, 5.74) is 14.6. The monoisotopic (exact) mass is 716 g/mol. The number of carbonyl (C=O) groups excluding carboxylic acids is 2. The summed E-state index contributed by atoms with van der Waals surface area (Å²) in [7, 11) is 0. The fraction of sp³-hybridized carbons (Fsp3) is 0.222. The van der Waals surface area contributed by atoms with Crippen LogP contribution in [0.5, 0.6) is 11.5 Å². The minimum Gasteiger partial charge on any atom is -0.457 e. The number of nitrogens with two attached hydrogens (primary N) is 2. The summed E-state index contributed by atoms with van der Waals surface area (Å²) in [5.74, 6) is 0.225. The van der Waals surface area contributed by atoms with Crippen molar-refractivity contribution in [1.82, 2.24) is 19.8 Å². The normalized spacial score (nSPS) is 13.7. The number of halogens is 3. The molecule has 2 heterocycles. The van der Waals surface area contributed by atoms with Crippen LogP contribution in [-0.4, -0.2) is 64.9 Å². The first-order valence-corrected chi connectivity index (χ1v) is 16.7. The van der Waals surface area contributed by atoms with Gasteiger partial charge in [-0.25, -0.2) is 9.37 Å². The summed E-state index contributed by atoms with van der Waals surface area (Å²) in [6.07, 6.45) is 0.829. The number of carbonyl (C=O) groups is 2. The number of aromatic nitrogens is 2. The van der Waals surface area contributed by atoms with Crippen molar-refractivity contribution in [3.05, 3.63) is 106 Å². The van der Waals surface area contributed by atoms with E-state index in [0.717, 1.165) is 5.69 Å². The Morgan fingerprint density at radius 2 is 1.64 bits per heavy atom. The minimum atomic E-state index is -0.804. The van der Waals surface area contributed by atoms with Gasteiger partial charge in [-0.2, -0.15) is 0 Å². The third-order valence-corrected chi connectivity index (χ3v) is 8.91. The Bertz CT molecular complexity index is 2030. The number of anilines is 1. The topological polar surface area (TPSA) is 156 Å². The van der Waals surface area contributed by atoms with Crippen molar-refractivity contribution in [3.63, 3.8) is 0 Å². The first kappa shape index (κ1) is 34.5. The van der Waals surface area contributed by atoms with E-state index in [1.165, 1.54) is 12.1 Å². The van der Waals surface area contributed by atoms with Gasteiger partial charge in [-0.3, -0.25) is 15.0 Å². The van der Waals surface area contributed by atoms with Gasteiger partial charge in [-0.05, 0) is 85.6 Å². The highest BCUT2D eigenvalue weighted by atomic mass is 35.5. The van der Waals surface area contributed by atoms with Crippen LogP contribution >= 0.6 is 23.2 Å². The molecule has 0 aliphatic carbocycles. The number of ether oxygens (including phenoxy) is 1. The number of hydrogen-bond acceptors (Lipinski definition) is 6. The molecule has 0 spiro atoms. The zero-order chi connectivity index (χ0) is 35.4. The second-order valence-electron chi connectivity index (χ2n) is 11.9. The number of imidazole rings is 1. The van der Waals surface area contributed by atoms with E-state index in [4.69, 9.17) is 49.8 Å². The minimum absolute atomic E-state index is 0.140. The van der Waals surface area contributed by atoms with Gasteiger partial charge in [0, 0.05) is 59.6 Å². The number of primary amides is 1. The van der Waals surface area contributed by atoms with Crippen molar-refractivity contribution in [2.24, 2.45) is 11.5 Å². The van der Waals surface area contributed by atoms with Crippen molar-refractivity contribution in [2.45, 2.75) is 18.9 Å². The summed E-state index contributed by atoms with van der Waals surface area (Å²) in [5, 5.41) is 11.1. The Kier molecular flexibility index (Phi) is 10.4. The molecule has 0 bridgehead atoms. The van der Waals surface area contributed by atoms with E-state index in [0.29, 0.717) is 95.1 Å². The maximum absolute atomic E-state index is 13.7. The molecule has 0 unspecified atom stereocenters. The molecule has 6 rings (SSSR count). The lowest BCUT2D eigenvalue weighted by Crippen LogP contribution is -2.48. The van der Waals surface area contributed by atoms with Crippen molar-refractivity contribution >= 4 is 57.7 Å². The Balaban J connectivity index is 1.32.